The quantitative estimate of drug-likeness (QED) is 0.268. The fourth-order valence-corrected chi connectivity index (χ4v) is 12.9. The van der Waals surface area contributed by atoms with Crippen molar-refractivity contribution in [1.29, 1.82) is 0 Å². The molecule has 230 valence electrons. The minimum absolute atomic E-state index is 0.0139. The van der Waals surface area contributed by atoms with Gasteiger partial charge < -0.3 is 28.5 Å². The summed E-state index contributed by atoms with van der Waals surface area (Å²) in [4.78, 5) is 33.0. The van der Waals surface area contributed by atoms with Crippen LogP contribution in [0.15, 0.2) is 12.7 Å². The van der Waals surface area contributed by atoms with E-state index in [1.54, 1.807) is 19.2 Å². The molecule has 0 aromatic heterocycles. The van der Waals surface area contributed by atoms with E-state index in [9.17, 15) is 14.7 Å². The lowest BCUT2D eigenvalue weighted by Gasteiger charge is -2.48. The van der Waals surface area contributed by atoms with Crippen LogP contribution in [0.5, 0.6) is 0 Å². The Bertz CT molecular complexity index is 1020. The van der Waals surface area contributed by atoms with E-state index >= 15 is 4.11 Å². The first-order valence-corrected chi connectivity index (χ1v) is 19.5. The highest BCUT2D eigenvalue weighted by atomic mass is 28.4. The van der Waals surface area contributed by atoms with Crippen molar-refractivity contribution in [2.24, 2.45) is 17.8 Å². The van der Waals surface area contributed by atoms with Crippen molar-refractivity contribution in [1.82, 2.24) is 9.80 Å². The summed E-state index contributed by atoms with van der Waals surface area (Å²) < 4.78 is 29.5. The van der Waals surface area contributed by atoms with E-state index in [2.05, 4.69) is 11.5 Å². The Hall–Kier alpha value is -1.29. The monoisotopic (exact) mass is 590 g/mol. The van der Waals surface area contributed by atoms with Crippen LogP contribution in [0.1, 0.15) is 84.0 Å². The maximum Gasteiger partial charge on any atom is 0.256 e. The number of nitrogens with zero attached hydrogens (tertiary/aromatic N) is 2. The van der Waals surface area contributed by atoms with Crippen LogP contribution in [0.4, 0.5) is 4.11 Å². The van der Waals surface area contributed by atoms with E-state index in [1.165, 1.54) is 0 Å². The Morgan fingerprint density at radius 2 is 1.76 bits per heavy atom. The molecule has 0 radical (unpaired) electrons. The molecule has 2 amide bonds. The van der Waals surface area contributed by atoms with Crippen LogP contribution in [-0.4, -0.2) is 90.3 Å². The van der Waals surface area contributed by atoms with E-state index < -0.39 is 20.1 Å². The third kappa shape index (κ3) is 4.76. The molecule has 6 aliphatic rings. The van der Waals surface area contributed by atoms with Gasteiger partial charge in [0, 0.05) is 36.7 Å². The van der Waals surface area contributed by atoms with Crippen LogP contribution < -0.4 is 0 Å². The standard InChI is InChI=1S/C32H51FN2O5Si/c1-5-17-34-24-15-14-21(35-25-11-7-9-13-27(25)39-26-12-8-6-10-22(26)30(35)37)19-23(24)32(31(34)38)20(2)29(41(3,4)33)28(40-32)16-18-36/h5,20-29,36H,1,6-19H2,2-4H3/t20-,21?,22?,23?,24?,25?,26?,27?,28+,29-,32+/m0/s1. The van der Waals surface area contributed by atoms with E-state index in [-0.39, 0.29) is 72.0 Å². The molecule has 0 aromatic carbocycles. The summed E-state index contributed by atoms with van der Waals surface area (Å²) in [7, 11) is -3.23. The summed E-state index contributed by atoms with van der Waals surface area (Å²) in [6.45, 7) is 9.72. The minimum Gasteiger partial charge on any atom is -0.396 e. The van der Waals surface area contributed by atoms with E-state index in [1.807, 2.05) is 11.8 Å². The molecule has 1 spiro atoms. The first kappa shape index (κ1) is 29.8. The fourth-order valence-electron chi connectivity index (χ4n) is 10.3. The number of fused-ring (bicyclic) bond motifs is 4. The number of hydrogen-bond acceptors (Lipinski definition) is 5. The molecule has 3 saturated carbocycles. The van der Waals surface area contributed by atoms with Crippen LogP contribution in [0.25, 0.3) is 0 Å². The summed E-state index contributed by atoms with van der Waals surface area (Å²) in [5, 5.41) is 9.88. The maximum absolute atomic E-state index is 15.9. The molecule has 7 nitrogen and oxygen atoms in total. The van der Waals surface area contributed by atoms with Gasteiger partial charge in [0.15, 0.2) is 5.60 Å². The number of rotatable bonds is 6. The molecule has 3 aliphatic heterocycles. The van der Waals surface area contributed by atoms with Gasteiger partial charge in [0.25, 0.3) is 5.91 Å². The summed E-state index contributed by atoms with van der Waals surface area (Å²) in [6.07, 6.45) is 12.4. The molecule has 0 aromatic rings. The van der Waals surface area contributed by atoms with Gasteiger partial charge in [0.05, 0.1) is 30.3 Å². The predicted octanol–water partition coefficient (Wildman–Crippen LogP) is 4.98. The number of hydrogen-bond donors (Lipinski definition) is 1. The van der Waals surface area contributed by atoms with Crippen molar-refractivity contribution in [3.63, 3.8) is 0 Å². The Balaban J connectivity index is 1.37. The van der Waals surface area contributed by atoms with E-state index in [0.29, 0.717) is 19.4 Å². The van der Waals surface area contributed by atoms with Crippen molar-refractivity contribution < 1.29 is 28.3 Å². The molecular formula is C32H51FN2O5Si. The van der Waals surface area contributed by atoms with E-state index in [4.69, 9.17) is 9.47 Å². The summed E-state index contributed by atoms with van der Waals surface area (Å²) in [6, 6.07) is 0.100. The Labute approximate surface area is 246 Å². The third-order valence-corrected chi connectivity index (χ3v) is 14.3. The second-order valence-corrected chi connectivity index (χ2v) is 18.2. The first-order chi connectivity index (χ1) is 19.6. The number of halogens is 1. The van der Waals surface area contributed by atoms with Crippen molar-refractivity contribution in [2.45, 2.75) is 145 Å². The van der Waals surface area contributed by atoms with Crippen molar-refractivity contribution in [3.05, 3.63) is 12.7 Å². The van der Waals surface area contributed by atoms with Gasteiger partial charge in [-0.25, -0.2) is 0 Å². The second kappa shape index (κ2) is 11.3. The molecule has 11 atom stereocenters. The highest BCUT2D eigenvalue weighted by molar-refractivity contribution is 6.72. The van der Waals surface area contributed by atoms with Crippen LogP contribution in [0.3, 0.4) is 0 Å². The lowest BCUT2D eigenvalue weighted by Crippen LogP contribution is -2.57. The number of carbonyl (C=O) groups excluding carboxylic acids is 2. The summed E-state index contributed by atoms with van der Waals surface area (Å²) in [5.41, 5.74) is -1.50. The van der Waals surface area contributed by atoms with Crippen LogP contribution >= 0.6 is 0 Å². The topological polar surface area (TPSA) is 79.3 Å². The zero-order valence-electron chi connectivity index (χ0n) is 25.3. The fraction of sp³-hybridized carbons (Fsp3) is 0.875. The Kier molecular flexibility index (Phi) is 8.22. The van der Waals surface area contributed by atoms with Gasteiger partial charge in [-0.05, 0) is 70.4 Å². The smallest absolute Gasteiger partial charge is 0.256 e. The number of likely N-dealkylation sites (tertiary alicyclic amines) is 1. The molecule has 1 N–H and O–H groups in total. The molecule has 3 saturated heterocycles. The van der Waals surface area contributed by atoms with Gasteiger partial charge in [-0.1, -0.05) is 38.7 Å². The molecule has 7 unspecified atom stereocenters. The first-order valence-electron chi connectivity index (χ1n) is 16.5. The lowest BCUT2D eigenvalue weighted by molar-refractivity contribution is -0.157. The normalized spacial score (nSPS) is 44.9. The van der Waals surface area contributed by atoms with Gasteiger partial charge in [0.1, 0.15) is 0 Å². The minimum atomic E-state index is -3.23. The zero-order chi connectivity index (χ0) is 29.1. The number of carbonyl (C=O) groups is 2. The zero-order valence-corrected chi connectivity index (χ0v) is 26.3. The van der Waals surface area contributed by atoms with Gasteiger partial charge >= 0.3 is 0 Å². The van der Waals surface area contributed by atoms with Crippen LogP contribution in [-0.2, 0) is 19.1 Å². The molecule has 3 aliphatic carbocycles. The molecule has 3 heterocycles. The van der Waals surface area contributed by atoms with E-state index in [0.717, 1.165) is 64.2 Å². The predicted molar refractivity (Wildman–Crippen MR) is 157 cm³/mol. The average Bonchev–Trinajstić information content (AvgIpc) is 3.31. The Morgan fingerprint density at radius 1 is 1.05 bits per heavy atom. The highest BCUT2D eigenvalue weighted by Crippen LogP contribution is 2.60. The number of amides is 2. The molecule has 6 fully saturated rings. The number of aliphatic hydroxyl groups excluding tert-OH is 1. The molecule has 41 heavy (non-hydrogen) atoms. The third-order valence-electron chi connectivity index (χ3n) is 11.9. The van der Waals surface area contributed by atoms with Crippen LogP contribution in [0, 0.1) is 17.8 Å². The molecule has 0 bridgehead atoms. The molecule has 9 heteroatoms. The average molecular weight is 591 g/mol. The maximum atomic E-state index is 15.9. The Morgan fingerprint density at radius 3 is 2.46 bits per heavy atom. The summed E-state index contributed by atoms with van der Waals surface area (Å²) in [5.74, 6) is -0.276. The van der Waals surface area contributed by atoms with Gasteiger partial charge in [-0.15, -0.1) is 6.58 Å². The van der Waals surface area contributed by atoms with Gasteiger partial charge in [0.2, 0.25) is 14.3 Å². The van der Waals surface area contributed by atoms with Crippen molar-refractivity contribution in [3.8, 4) is 0 Å². The van der Waals surface area contributed by atoms with Crippen LogP contribution in [0.2, 0.25) is 18.6 Å². The highest BCUT2D eigenvalue weighted by Gasteiger charge is 2.71. The largest absolute Gasteiger partial charge is 0.396 e. The molecule has 6 rings (SSSR count). The van der Waals surface area contributed by atoms with Crippen molar-refractivity contribution >= 4 is 20.2 Å². The second-order valence-electron chi connectivity index (χ2n) is 14.4. The number of ether oxygens (including phenoxy) is 2. The van der Waals surface area contributed by atoms with Crippen molar-refractivity contribution in [2.75, 3.05) is 13.2 Å². The van der Waals surface area contributed by atoms with Gasteiger partial charge in [-0.2, -0.15) is 0 Å². The van der Waals surface area contributed by atoms with Gasteiger partial charge in [-0.3, -0.25) is 9.59 Å². The molecular weight excluding hydrogens is 539 g/mol. The summed E-state index contributed by atoms with van der Waals surface area (Å²) >= 11 is 0. The number of aliphatic hydroxyl groups is 1. The lowest BCUT2D eigenvalue weighted by atomic mass is 9.69. The SMILES string of the molecule is C=CCN1C(=O)[C@]2(O[C@H](CCO)[C@@H]([Si](C)(C)F)[C@@H]2C)C2CC(N3C(=O)C4CCCCC4OC4CCCCC43)CCC21.